The maximum Gasteiger partial charge on any atom is 0.416 e. The molecule has 1 aromatic carbocycles. The van der Waals surface area contributed by atoms with Crippen molar-refractivity contribution in [3.63, 3.8) is 0 Å². The summed E-state index contributed by atoms with van der Waals surface area (Å²) in [6.45, 7) is 3.19. The number of benzene rings is 1. The van der Waals surface area contributed by atoms with Crippen molar-refractivity contribution in [2.24, 2.45) is 0 Å². The van der Waals surface area contributed by atoms with E-state index in [0.717, 1.165) is 24.3 Å². The van der Waals surface area contributed by atoms with Crippen molar-refractivity contribution >= 4 is 0 Å². The van der Waals surface area contributed by atoms with Crippen LogP contribution in [-0.2, 0) is 6.18 Å². The van der Waals surface area contributed by atoms with Crippen molar-refractivity contribution in [3.05, 3.63) is 48.0 Å². The van der Waals surface area contributed by atoms with Crippen LogP contribution in [0.3, 0.4) is 0 Å². The lowest BCUT2D eigenvalue weighted by Crippen LogP contribution is -2.21. The molecule has 100 valence electrons. The average molecular weight is 268 g/mol. The Morgan fingerprint density at radius 1 is 1.11 bits per heavy atom. The van der Waals surface area contributed by atoms with E-state index >= 15 is 0 Å². The second-order valence-electron chi connectivity index (χ2n) is 3.74. The van der Waals surface area contributed by atoms with Gasteiger partial charge >= 0.3 is 12.4 Å². The summed E-state index contributed by atoms with van der Waals surface area (Å²) in [6.07, 6.45) is -8.66. The Morgan fingerprint density at radius 3 is 2.17 bits per heavy atom. The van der Waals surface area contributed by atoms with E-state index < -0.39 is 35.8 Å². The summed E-state index contributed by atoms with van der Waals surface area (Å²) in [4.78, 5) is 0. The summed E-state index contributed by atoms with van der Waals surface area (Å²) >= 11 is 0. The molecule has 0 aliphatic heterocycles. The molecule has 0 heterocycles. The highest BCUT2D eigenvalue weighted by molar-refractivity contribution is 5.29. The van der Waals surface area contributed by atoms with Crippen LogP contribution in [0.15, 0.2) is 36.9 Å². The van der Waals surface area contributed by atoms with Gasteiger partial charge in [-0.15, -0.1) is 6.58 Å². The quantitative estimate of drug-likeness (QED) is 0.538. The summed E-state index contributed by atoms with van der Waals surface area (Å²) in [5.74, 6) is -1.96. The summed E-state index contributed by atoms with van der Waals surface area (Å²) in [5.41, 5.74) is -1.49. The molecule has 1 rings (SSSR count). The molecule has 6 heteroatoms. The predicted octanol–water partition coefficient (Wildman–Crippen LogP) is 4.93. The molecular weight excluding hydrogens is 258 g/mol. The van der Waals surface area contributed by atoms with E-state index in [-0.39, 0.29) is 0 Å². The number of hydrogen-bond acceptors (Lipinski definition) is 0. The van der Waals surface area contributed by atoms with Crippen LogP contribution in [0.25, 0.3) is 0 Å². The van der Waals surface area contributed by atoms with Crippen LogP contribution in [0.4, 0.5) is 26.3 Å². The van der Waals surface area contributed by atoms with Crippen molar-refractivity contribution in [2.75, 3.05) is 0 Å². The topological polar surface area (TPSA) is 0 Å². The molecule has 18 heavy (non-hydrogen) atoms. The maximum atomic E-state index is 12.7. The van der Waals surface area contributed by atoms with E-state index in [9.17, 15) is 26.3 Å². The molecule has 0 aromatic heterocycles. The summed E-state index contributed by atoms with van der Waals surface area (Å²) in [5, 5.41) is 0. The molecule has 1 atom stereocenters. The standard InChI is InChI=1S/C12H10F6/c1-2-4-10(12(16,17)18)8-5-3-6-9(7-8)11(13,14)15/h2-3,5-7,10H,1,4H2. The molecule has 0 amide bonds. The molecule has 0 fully saturated rings. The third kappa shape index (κ3) is 3.51. The van der Waals surface area contributed by atoms with Crippen molar-refractivity contribution in [1.29, 1.82) is 0 Å². The smallest absolute Gasteiger partial charge is 0.170 e. The number of alkyl halides is 6. The second-order valence-corrected chi connectivity index (χ2v) is 3.74. The van der Waals surface area contributed by atoms with Gasteiger partial charge in [0.25, 0.3) is 0 Å². The molecular formula is C12H10F6. The van der Waals surface area contributed by atoms with Gasteiger partial charge in [0.1, 0.15) is 0 Å². The minimum absolute atomic E-state index is 0.405. The molecule has 0 nitrogen and oxygen atoms in total. The monoisotopic (exact) mass is 268 g/mol. The Balaban J connectivity index is 3.18. The van der Waals surface area contributed by atoms with Gasteiger partial charge in [-0.3, -0.25) is 0 Å². The lowest BCUT2D eigenvalue weighted by Gasteiger charge is -2.20. The van der Waals surface area contributed by atoms with Gasteiger partial charge < -0.3 is 0 Å². The van der Waals surface area contributed by atoms with Crippen molar-refractivity contribution in [1.82, 2.24) is 0 Å². The Kier molecular flexibility index (Phi) is 4.09. The zero-order chi connectivity index (χ0) is 14.0. The van der Waals surface area contributed by atoms with E-state index in [1.54, 1.807) is 0 Å². The van der Waals surface area contributed by atoms with Gasteiger partial charge in [0, 0.05) is 0 Å². The molecule has 0 saturated heterocycles. The molecule has 1 unspecified atom stereocenters. The van der Waals surface area contributed by atoms with Crippen LogP contribution in [0, 0.1) is 0 Å². The fourth-order valence-electron chi connectivity index (χ4n) is 1.56. The van der Waals surface area contributed by atoms with Crippen molar-refractivity contribution in [2.45, 2.75) is 24.7 Å². The first-order chi connectivity index (χ1) is 8.16. The van der Waals surface area contributed by atoms with Gasteiger partial charge in [0.05, 0.1) is 11.5 Å². The number of halogens is 6. The maximum absolute atomic E-state index is 12.7. The lowest BCUT2D eigenvalue weighted by atomic mass is 9.93. The van der Waals surface area contributed by atoms with Crippen LogP contribution >= 0.6 is 0 Å². The molecule has 0 aliphatic rings. The van der Waals surface area contributed by atoms with E-state index in [0.29, 0.717) is 6.07 Å². The Labute approximate surface area is 99.9 Å². The van der Waals surface area contributed by atoms with Gasteiger partial charge in [-0.25, -0.2) is 0 Å². The van der Waals surface area contributed by atoms with E-state index in [1.165, 1.54) is 0 Å². The van der Waals surface area contributed by atoms with Crippen LogP contribution in [0.1, 0.15) is 23.5 Å². The third-order valence-corrected chi connectivity index (χ3v) is 2.41. The SMILES string of the molecule is C=CCC(c1cccc(C(F)(F)F)c1)C(F)(F)F. The predicted molar refractivity (Wildman–Crippen MR) is 55.1 cm³/mol. The van der Waals surface area contributed by atoms with Gasteiger partial charge in [0.2, 0.25) is 0 Å². The van der Waals surface area contributed by atoms with E-state index in [1.807, 2.05) is 0 Å². The highest BCUT2D eigenvalue weighted by Gasteiger charge is 2.40. The highest BCUT2D eigenvalue weighted by atomic mass is 19.4. The highest BCUT2D eigenvalue weighted by Crippen LogP contribution is 2.39. The Bertz CT molecular complexity index is 415. The fraction of sp³-hybridized carbons (Fsp3) is 0.333. The minimum atomic E-state index is -4.65. The number of rotatable bonds is 3. The summed E-state index contributed by atoms with van der Waals surface area (Å²) in [6, 6.07) is 3.28. The molecule has 0 bridgehead atoms. The zero-order valence-corrected chi connectivity index (χ0v) is 9.15. The van der Waals surface area contributed by atoms with Crippen molar-refractivity contribution < 1.29 is 26.3 Å². The van der Waals surface area contributed by atoms with Crippen LogP contribution < -0.4 is 0 Å². The van der Waals surface area contributed by atoms with E-state index in [4.69, 9.17) is 0 Å². The molecule has 0 aliphatic carbocycles. The lowest BCUT2D eigenvalue weighted by molar-refractivity contribution is -0.150. The first-order valence-corrected chi connectivity index (χ1v) is 5.01. The first kappa shape index (κ1) is 14.6. The van der Waals surface area contributed by atoms with Gasteiger partial charge in [-0.05, 0) is 18.1 Å². The van der Waals surface area contributed by atoms with E-state index in [2.05, 4.69) is 6.58 Å². The average Bonchev–Trinajstić information content (AvgIpc) is 2.23. The molecule has 0 spiro atoms. The molecule has 0 N–H and O–H groups in total. The Morgan fingerprint density at radius 2 is 1.72 bits per heavy atom. The molecule has 0 radical (unpaired) electrons. The third-order valence-electron chi connectivity index (χ3n) is 2.41. The zero-order valence-electron chi connectivity index (χ0n) is 9.15. The van der Waals surface area contributed by atoms with Crippen molar-refractivity contribution in [3.8, 4) is 0 Å². The van der Waals surface area contributed by atoms with Gasteiger partial charge in [0.15, 0.2) is 0 Å². The number of allylic oxidation sites excluding steroid dienone is 1. The first-order valence-electron chi connectivity index (χ1n) is 5.01. The second kappa shape index (κ2) is 5.04. The van der Waals surface area contributed by atoms with Crippen LogP contribution in [-0.4, -0.2) is 6.18 Å². The fourth-order valence-corrected chi connectivity index (χ4v) is 1.56. The molecule has 1 aromatic rings. The van der Waals surface area contributed by atoms with Crippen LogP contribution in [0.2, 0.25) is 0 Å². The van der Waals surface area contributed by atoms with Gasteiger partial charge in [-0.2, -0.15) is 26.3 Å². The molecule has 0 saturated carbocycles. The normalized spacial score (nSPS) is 14.3. The largest absolute Gasteiger partial charge is 0.416 e. The summed E-state index contributed by atoms with van der Waals surface area (Å²) < 4.78 is 75.3. The van der Waals surface area contributed by atoms with Gasteiger partial charge in [-0.1, -0.05) is 24.3 Å². The minimum Gasteiger partial charge on any atom is -0.170 e. The van der Waals surface area contributed by atoms with Crippen LogP contribution in [0.5, 0.6) is 0 Å². The Hall–Kier alpha value is -1.46. The summed E-state index contributed by atoms with van der Waals surface area (Å²) in [7, 11) is 0. The number of hydrogen-bond donors (Lipinski definition) is 0.